The number of amides is 3. The average Bonchev–Trinajstić information content (AvgIpc) is 2.36. The fraction of sp³-hybridized carbons (Fsp3) is 0.300. The Labute approximate surface area is 116 Å². The molecule has 20 heavy (non-hydrogen) atoms. The van der Waals surface area contributed by atoms with Crippen LogP contribution in [0, 0.1) is 0 Å². The molecule has 3 amide bonds. The maximum atomic E-state index is 12.4. The van der Waals surface area contributed by atoms with Crippen molar-refractivity contribution in [3.8, 4) is 0 Å². The number of halogens is 3. The fourth-order valence-electron chi connectivity index (χ4n) is 1.01. The highest BCUT2D eigenvalue weighted by atomic mass is 32.2. The molecule has 110 valence electrons. The highest BCUT2D eigenvalue weighted by molar-refractivity contribution is 7.97. The first-order valence-electron chi connectivity index (χ1n) is 5.27. The number of hydrogen-bond acceptors (Lipinski definition) is 5. The first-order valence-corrected chi connectivity index (χ1v) is 6.09. The second-order valence-electron chi connectivity index (χ2n) is 3.24. The molecule has 0 saturated heterocycles. The molecule has 1 heterocycles. The van der Waals surface area contributed by atoms with Crippen molar-refractivity contribution in [1.29, 1.82) is 0 Å². The van der Waals surface area contributed by atoms with E-state index in [1.165, 1.54) is 6.07 Å². The third-order valence-corrected chi connectivity index (χ3v) is 2.48. The van der Waals surface area contributed by atoms with E-state index in [-0.39, 0.29) is 11.6 Å². The number of urea groups is 1. The molecule has 0 spiro atoms. The van der Waals surface area contributed by atoms with Gasteiger partial charge in [0.05, 0.1) is 6.61 Å². The summed E-state index contributed by atoms with van der Waals surface area (Å²) in [5.41, 5.74) is -1.07. The minimum atomic E-state index is -4.57. The number of nitrogens with zero attached hydrogens (tertiary/aromatic N) is 1. The lowest BCUT2D eigenvalue weighted by molar-refractivity contribution is -0.141. The quantitative estimate of drug-likeness (QED) is 0.839. The number of ether oxygens (including phenoxy) is 1. The number of nitrogens with one attached hydrogen (secondary N) is 2. The maximum Gasteiger partial charge on any atom is 0.433 e. The zero-order valence-corrected chi connectivity index (χ0v) is 11.0. The Morgan fingerprint density at radius 2 is 2.10 bits per heavy atom. The van der Waals surface area contributed by atoms with Gasteiger partial charge in [0.15, 0.2) is 0 Å². The minimum absolute atomic E-state index is 0.0705. The number of imide groups is 1. The smallest absolute Gasteiger partial charge is 0.433 e. The molecule has 0 unspecified atom stereocenters. The van der Waals surface area contributed by atoms with Gasteiger partial charge in [-0.15, -0.1) is 0 Å². The number of hydrogen-bond donors (Lipinski definition) is 2. The Morgan fingerprint density at radius 1 is 1.40 bits per heavy atom. The Hall–Kier alpha value is -1.97. The van der Waals surface area contributed by atoms with Crippen LogP contribution in [0.25, 0.3) is 0 Å². The van der Waals surface area contributed by atoms with Crippen LogP contribution in [0.1, 0.15) is 12.6 Å². The largest absolute Gasteiger partial charge is 0.450 e. The molecule has 1 rings (SSSR count). The molecular weight excluding hydrogens is 299 g/mol. The van der Waals surface area contributed by atoms with Crippen molar-refractivity contribution in [2.75, 3.05) is 6.61 Å². The van der Waals surface area contributed by atoms with Crippen LogP contribution in [0.4, 0.5) is 22.8 Å². The van der Waals surface area contributed by atoms with Crippen LogP contribution in [-0.4, -0.2) is 23.7 Å². The molecule has 2 N–H and O–H groups in total. The lowest BCUT2D eigenvalue weighted by Gasteiger charge is -2.08. The van der Waals surface area contributed by atoms with E-state index in [2.05, 4.69) is 14.4 Å². The summed E-state index contributed by atoms with van der Waals surface area (Å²) >= 11 is 0.538. The van der Waals surface area contributed by atoms with Crippen molar-refractivity contribution in [2.24, 2.45) is 0 Å². The molecule has 1 aromatic rings. The van der Waals surface area contributed by atoms with E-state index in [1.54, 1.807) is 6.92 Å². The van der Waals surface area contributed by atoms with Crippen molar-refractivity contribution in [3.05, 3.63) is 23.9 Å². The van der Waals surface area contributed by atoms with Crippen molar-refractivity contribution in [1.82, 2.24) is 15.0 Å². The van der Waals surface area contributed by atoms with Gasteiger partial charge in [0.25, 0.3) is 0 Å². The van der Waals surface area contributed by atoms with Crippen LogP contribution in [-0.2, 0) is 10.9 Å². The van der Waals surface area contributed by atoms with Crippen LogP contribution in [0.5, 0.6) is 0 Å². The molecule has 0 aromatic carbocycles. The average molecular weight is 309 g/mol. The normalized spacial score (nSPS) is 10.8. The van der Waals surface area contributed by atoms with Crippen LogP contribution in [0.15, 0.2) is 23.2 Å². The van der Waals surface area contributed by atoms with E-state index in [0.29, 0.717) is 11.9 Å². The van der Waals surface area contributed by atoms with Gasteiger partial charge in [0.2, 0.25) is 0 Å². The highest BCUT2D eigenvalue weighted by Crippen LogP contribution is 2.28. The molecule has 0 fully saturated rings. The number of pyridine rings is 1. The predicted molar refractivity (Wildman–Crippen MR) is 63.8 cm³/mol. The Kier molecular flexibility index (Phi) is 5.62. The minimum Gasteiger partial charge on any atom is -0.450 e. The Balaban J connectivity index is 2.54. The molecule has 0 aliphatic rings. The number of aromatic nitrogens is 1. The summed E-state index contributed by atoms with van der Waals surface area (Å²) in [5, 5.41) is 1.74. The predicted octanol–water partition coefficient (Wildman–Crippen LogP) is 2.56. The molecule has 1 aromatic heterocycles. The Morgan fingerprint density at radius 3 is 2.70 bits per heavy atom. The zero-order chi connectivity index (χ0) is 15.2. The number of rotatable bonds is 3. The number of carbonyl (C=O) groups excluding carboxylic acids is 2. The highest BCUT2D eigenvalue weighted by Gasteiger charge is 2.32. The van der Waals surface area contributed by atoms with Crippen LogP contribution >= 0.6 is 11.9 Å². The molecule has 0 bridgehead atoms. The molecule has 10 heteroatoms. The van der Waals surface area contributed by atoms with Gasteiger partial charge in [0.1, 0.15) is 10.7 Å². The summed E-state index contributed by atoms with van der Waals surface area (Å²) < 4.78 is 43.7. The van der Waals surface area contributed by atoms with E-state index < -0.39 is 24.0 Å². The molecule has 0 aliphatic heterocycles. The van der Waals surface area contributed by atoms with E-state index in [1.807, 2.05) is 5.32 Å². The number of alkyl carbamates (subject to hydrolysis) is 1. The molecule has 6 nitrogen and oxygen atoms in total. The third kappa shape index (κ3) is 5.34. The first-order chi connectivity index (χ1) is 9.32. The second-order valence-corrected chi connectivity index (χ2v) is 4.06. The second kappa shape index (κ2) is 6.98. The van der Waals surface area contributed by atoms with Gasteiger partial charge in [-0.25, -0.2) is 19.9 Å². The van der Waals surface area contributed by atoms with Crippen molar-refractivity contribution in [2.45, 2.75) is 18.1 Å². The zero-order valence-electron chi connectivity index (χ0n) is 10.2. The summed E-state index contributed by atoms with van der Waals surface area (Å²) in [4.78, 5) is 25.4. The van der Waals surface area contributed by atoms with Crippen molar-refractivity contribution >= 4 is 24.1 Å². The van der Waals surface area contributed by atoms with Crippen molar-refractivity contribution in [3.63, 3.8) is 0 Å². The van der Waals surface area contributed by atoms with Gasteiger partial charge in [-0.2, -0.15) is 13.2 Å². The molecular formula is C10H10F3N3O3S. The van der Waals surface area contributed by atoms with Gasteiger partial charge in [0, 0.05) is 11.9 Å². The standard InChI is InChI=1S/C10H10F3N3O3S/c1-2-19-9(18)15-8(17)16-20-7-5-3-4-6(14-7)10(11,12)13/h3-5H,2H2,1H3,(H2,15,16,17,18). The summed E-state index contributed by atoms with van der Waals surface area (Å²) in [6.07, 6.45) is -5.52. The van der Waals surface area contributed by atoms with Gasteiger partial charge in [-0.1, -0.05) is 6.07 Å². The van der Waals surface area contributed by atoms with Crippen molar-refractivity contribution < 1.29 is 27.5 Å². The van der Waals surface area contributed by atoms with Crippen LogP contribution in [0.2, 0.25) is 0 Å². The van der Waals surface area contributed by atoms with Gasteiger partial charge < -0.3 is 4.74 Å². The number of alkyl halides is 3. The van der Waals surface area contributed by atoms with Crippen LogP contribution in [0.3, 0.4) is 0 Å². The van der Waals surface area contributed by atoms with Gasteiger partial charge >= 0.3 is 18.3 Å². The summed E-state index contributed by atoms with van der Waals surface area (Å²) in [6.45, 7) is 1.64. The lowest BCUT2D eigenvalue weighted by atomic mass is 10.3. The maximum absolute atomic E-state index is 12.4. The third-order valence-electron chi connectivity index (χ3n) is 1.75. The first kappa shape index (κ1) is 16.1. The molecule has 0 radical (unpaired) electrons. The van der Waals surface area contributed by atoms with E-state index >= 15 is 0 Å². The van der Waals surface area contributed by atoms with E-state index in [9.17, 15) is 22.8 Å². The lowest BCUT2D eigenvalue weighted by Crippen LogP contribution is -2.36. The van der Waals surface area contributed by atoms with E-state index in [0.717, 1.165) is 12.1 Å². The van der Waals surface area contributed by atoms with Gasteiger partial charge in [-0.05, 0) is 19.1 Å². The Bertz CT molecular complexity index is 496. The van der Waals surface area contributed by atoms with Gasteiger partial charge in [-0.3, -0.25) is 4.72 Å². The molecule has 0 saturated carbocycles. The summed E-state index contributed by atoms with van der Waals surface area (Å²) in [5.74, 6) is 0. The SMILES string of the molecule is CCOC(=O)NC(=O)NSc1cccc(C(F)(F)F)n1. The van der Waals surface area contributed by atoms with E-state index in [4.69, 9.17) is 0 Å². The summed E-state index contributed by atoms with van der Waals surface area (Å²) in [6, 6.07) is 2.32. The fourth-order valence-corrected chi connectivity index (χ4v) is 1.55. The number of carbonyl (C=O) groups is 2. The molecule has 0 atom stereocenters. The summed E-state index contributed by atoms with van der Waals surface area (Å²) in [7, 11) is 0. The monoisotopic (exact) mass is 309 g/mol. The topological polar surface area (TPSA) is 80.3 Å². The molecule has 0 aliphatic carbocycles. The van der Waals surface area contributed by atoms with Crippen LogP contribution < -0.4 is 10.0 Å².